The zero-order valence-corrected chi connectivity index (χ0v) is 13.7. The van der Waals surface area contributed by atoms with E-state index in [1.807, 2.05) is 54.6 Å². The Hall–Kier alpha value is -2.92. The maximum absolute atomic E-state index is 6.08. The Labute approximate surface area is 145 Å². The zero-order chi connectivity index (χ0) is 16.8. The second-order valence-electron chi connectivity index (χ2n) is 4.88. The van der Waals surface area contributed by atoms with Crippen molar-refractivity contribution >= 4 is 23.6 Å². The highest BCUT2D eigenvalue weighted by molar-refractivity contribution is 6.29. The van der Waals surface area contributed by atoms with Crippen molar-refractivity contribution in [1.29, 1.82) is 0 Å². The Morgan fingerprint density at radius 3 is 2.58 bits per heavy atom. The van der Waals surface area contributed by atoms with Crippen LogP contribution in [-0.4, -0.2) is 23.3 Å². The number of ether oxygens (including phenoxy) is 1. The number of aromatic nitrogens is 2. The maximum Gasteiger partial charge on any atom is 0.163 e. The summed E-state index contributed by atoms with van der Waals surface area (Å²) >= 11 is 6.08. The summed E-state index contributed by atoms with van der Waals surface area (Å²) < 4.78 is 5.28. The lowest BCUT2D eigenvalue weighted by atomic mass is 10.2. The molecule has 2 aromatic carbocycles. The number of anilines is 1. The molecule has 1 heterocycles. The van der Waals surface area contributed by atoms with Crippen molar-refractivity contribution in [2.24, 2.45) is 5.10 Å². The Bertz CT molecular complexity index is 853. The first kappa shape index (κ1) is 16.0. The molecule has 6 heteroatoms. The zero-order valence-electron chi connectivity index (χ0n) is 13.0. The molecule has 0 aliphatic heterocycles. The van der Waals surface area contributed by atoms with Crippen LogP contribution in [0.2, 0.25) is 5.15 Å². The topological polar surface area (TPSA) is 59.4 Å². The molecule has 0 amide bonds. The number of hydrazone groups is 1. The molecule has 1 N–H and O–H groups in total. The van der Waals surface area contributed by atoms with Crippen LogP contribution < -0.4 is 10.2 Å². The molecule has 0 saturated heterocycles. The van der Waals surface area contributed by atoms with Gasteiger partial charge in [0.25, 0.3) is 0 Å². The highest BCUT2D eigenvalue weighted by Crippen LogP contribution is 2.20. The molecule has 3 aromatic rings. The van der Waals surface area contributed by atoms with Gasteiger partial charge in [-0.15, -0.1) is 0 Å². The number of benzene rings is 2. The van der Waals surface area contributed by atoms with Gasteiger partial charge in [-0.05, 0) is 12.1 Å². The largest absolute Gasteiger partial charge is 0.496 e. The van der Waals surface area contributed by atoms with Gasteiger partial charge in [0, 0.05) is 17.2 Å². The van der Waals surface area contributed by atoms with Gasteiger partial charge < -0.3 is 4.74 Å². The van der Waals surface area contributed by atoms with Crippen LogP contribution in [0.1, 0.15) is 5.56 Å². The van der Waals surface area contributed by atoms with Gasteiger partial charge in [0.15, 0.2) is 11.6 Å². The molecule has 0 bridgehead atoms. The molecule has 0 saturated carbocycles. The van der Waals surface area contributed by atoms with E-state index in [-0.39, 0.29) is 0 Å². The highest BCUT2D eigenvalue weighted by Gasteiger charge is 2.05. The van der Waals surface area contributed by atoms with Gasteiger partial charge in [-0.1, -0.05) is 54.1 Å². The van der Waals surface area contributed by atoms with Crippen molar-refractivity contribution in [2.75, 3.05) is 12.5 Å². The summed E-state index contributed by atoms with van der Waals surface area (Å²) in [5.74, 6) is 1.80. The van der Waals surface area contributed by atoms with E-state index in [1.165, 1.54) is 0 Å². The first-order valence-corrected chi connectivity index (χ1v) is 7.66. The average Bonchev–Trinajstić information content (AvgIpc) is 2.62. The fourth-order valence-corrected chi connectivity index (χ4v) is 2.32. The summed E-state index contributed by atoms with van der Waals surface area (Å²) in [5, 5.41) is 4.54. The molecule has 24 heavy (non-hydrogen) atoms. The number of halogens is 1. The number of nitrogens with zero attached hydrogens (tertiary/aromatic N) is 3. The number of methoxy groups -OCH3 is 1. The molecule has 0 spiro atoms. The lowest BCUT2D eigenvalue weighted by Gasteiger charge is -2.05. The van der Waals surface area contributed by atoms with Crippen LogP contribution in [0.15, 0.2) is 65.8 Å². The summed E-state index contributed by atoms with van der Waals surface area (Å²) in [5.41, 5.74) is 4.62. The molecule has 1 aromatic heterocycles. The molecule has 0 aliphatic carbocycles. The third kappa shape index (κ3) is 3.88. The van der Waals surface area contributed by atoms with Crippen molar-refractivity contribution < 1.29 is 4.74 Å². The summed E-state index contributed by atoms with van der Waals surface area (Å²) in [6, 6.07) is 18.8. The van der Waals surface area contributed by atoms with Crippen LogP contribution >= 0.6 is 11.6 Å². The second-order valence-corrected chi connectivity index (χ2v) is 5.26. The monoisotopic (exact) mass is 338 g/mol. The minimum atomic E-state index is 0.346. The van der Waals surface area contributed by atoms with E-state index in [1.54, 1.807) is 19.4 Å². The van der Waals surface area contributed by atoms with Crippen molar-refractivity contribution in [1.82, 2.24) is 9.97 Å². The van der Waals surface area contributed by atoms with Gasteiger partial charge in [0.2, 0.25) is 0 Å². The Morgan fingerprint density at radius 1 is 1.04 bits per heavy atom. The van der Waals surface area contributed by atoms with E-state index in [4.69, 9.17) is 16.3 Å². The molecule has 5 nitrogen and oxygen atoms in total. The first-order valence-electron chi connectivity index (χ1n) is 7.28. The lowest BCUT2D eigenvalue weighted by molar-refractivity contribution is 0.414. The smallest absolute Gasteiger partial charge is 0.163 e. The molecular weight excluding hydrogens is 324 g/mol. The van der Waals surface area contributed by atoms with Crippen LogP contribution in [0, 0.1) is 0 Å². The minimum Gasteiger partial charge on any atom is -0.496 e. The van der Waals surface area contributed by atoms with Gasteiger partial charge in [0.05, 0.1) is 13.3 Å². The fraction of sp³-hybridized carbons (Fsp3) is 0.0556. The van der Waals surface area contributed by atoms with Gasteiger partial charge in [-0.2, -0.15) is 5.10 Å². The van der Waals surface area contributed by atoms with Crippen molar-refractivity contribution in [3.63, 3.8) is 0 Å². The Balaban J connectivity index is 1.81. The Kier molecular flexibility index (Phi) is 5.03. The molecular formula is C18H15ClN4O. The van der Waals surface area contributed by atoms with E-state index < -0.39 is 0 Å². The van der Waals surface area contributed by atoms with Gasteiger partial charge in [-0.3, -0.25) is 5.43 Å². The van der Waals surface area contributed by atoms with E-state index >= 15 is 0 Å². The highest BCUT2D eigenvalue weighted by atomic mass is 35.5. The molecule has 0 unspecified atom stereocenters. The van der Waals surface area contributed by atoms with Gasteiger partial charge in [0.1, 0.15) is 10.9 Å². The standard InChI is InChI=1S/C18H15ClN4O/c1-24-15-10-6-5-9-14(15)12-20-23-17-11-16(19)21-18(22-17)13-7-3-2-4-8-13/h2-12H,1H3,(H,21,22,23). The van der Waals surface area contributed by atoms with Gasteiger partial charge >= 0.3 is 0 Å². The number of rotatable bonds is 5. The minimum absolute atomic E-state index is 0.346. The summed E-state index contributed by atoms with van der Waals surface area (Å²) in [4.78, 5) is 8.67. The second kappa shape index (κ2) is 7.57. The number of hydrogen-bond acceptors (Lipinski definition) is 5. The molecule has 3 rings (SSSR count). The van der Waals surface area contributed by atoms with Crippen LogP contribution in [-0.2, 0) is 0 Å². The van der Waals surface area contributed by atoms with Crippen LogP contribution in [0.4, 0.5) is 5.82 Å². The lowest BCUT2D eigenvalue weighted by Crippen LogP contribution is -1.98. The molecule has 0 atom stereocenters. The predicted octanol–water partition coefficient (Wildman–Crippen LogP) is 4.25. The first-order chi connectivity index (χ1) is 11.8. The van der Waals surface area contributed by atoms with Crippen LogP contribution in [0.25, 0.3) is 11.4 Å². The van der Waals surface area contributed by atoms with Crippen molar-refractivity contribution in [2.45, 2.75) is 0 Å². The molecule has 0 fully saturated rings. The number of para-hydroxylation sites is 1. The number of nitrogens with one attached hydrogen (secondary N) is 1. The van der Waals surface area contributed by atoms with Crippen molar-refractivity contribution in [3.05, 3.63) is 71.4 Å². The van der Waals surface area contributed by atoms with E-state index in [2.05, 4.69) is 20.5 Å². The van der Waals surface area contributed by atoms with Crippen LogP contribution in [0.5, 0.6) is 5.75 Å². The molecule has 0 aliphatic rings. The quantitative estimate of drug-likeness (QED) is 0.429. The van der Waals surface area contributed by atoms with Crippen molar-refractivity contribution in [3.8, 4) is 17.1 Å². The average molecular weight is 339 g/mol. The molecule has 0 radical (unpaired) electrons. The summed E-state index contributed by atoms with van der Waals surface area (Å²) in [6.45, 7) is 0. The predicted molar refractivity (Wildman–Crippen MR) is 96.7 cm³/mol. The maximum atomic E-state index is 6.08. The summed E-state index contributed by atoms with van der Waals surface area (Å²) in [7, 11) is 1.62. The number of hydrogen-bond donors (Lipinski definition) is 1. The SMILES string of the molecule is COc1ccccc1C=NNc1cc(Cl)nc(-c2ccccc2)n1. The third-order valence-electron chi connectivity index (χ3n) is 3.25. The van der Waals surface area contributed by atoms with E-state index in [9.17, 15) is 0 Å². The fourth-order valence-electron chi connectivity index (χ4n) is 2.13. The normalized spacial score (nSPS) is 10.8. The van der Waals surface area contributed by atoms with E-state index in [0.29, 0.717) is 16.8 Å². The molecule has 120 valence electrons. The third-order valence-corrected chi connectivity index (χ3v) is 3.44. The Morgan fingerprint density at radius 2 is 1.79 bits per heavy atom. The summed E-state index contributed by atoms with van der Waals surface area (Å²) in [6.07, 6.45) is 1.66. The van der Waals surface area contributed by atoms with E-state index in [0.717, 1.165) is 16.9 Å². The van der Waals surface area contributed by atoms with Crippen LogP contribution in [0.3, 0.4) is 0 Å². The van der Waals surface area contributed by atoms with Gasteiger partial charge in [-0.25, -0.2) is 9.97 Å².